The summed E-state index contributed by atoms with van der Waals surface area (Å²) in [6.07, 6.45) is 1.06. The molecule has 0 spiro atoms. The Morgan fingerprint density at radius 3 is 2.94 bits per heavy atom. The number of nitrogens with one attached hydrogen (secondary N) is 1. The van der Waals surface area contributed by atoms with E-state index in [0.29, 0.717) is 11.6 Å². The zero-order chi connectivity index (χ0) is 12.3. The summed E-state index contributed by atoms with van der Waals surface area (Å²) in [5.41, 5.74) is 0.691. The monoisotopic (exact) mass is 252 g/mol. The van der Waals surface area contributed by atoms with Crippen molar-refractivity contribution in [1.82, 2.24) is 5.32 Å². The van der Waals surface area contributed by atoms with Gasteiger partial charge in [-0.1, -0.05) is 36.9 Å². The highest BCUT2D eigenvalue weighted by molar-refractivity contribution is 8.14. The first-order valence-electron chi connectivity index (χ1n) is 5.92. The Balaban J connectivity index is 2.03. The van der Waals surface area contributed by atoms with Crippen molar-refractivity contribution in [2.75, 3.05) is 5.75 Å². The second-order valence-corrected chi connectivity index (χ2v) is 5.20. The smallest absolute Gasteiger partial charge is 0.157 e. The highest BCUT2D eigenvalue weighted by Gasteiger charge is 2.19. The molecule has 0 saturated heterocycles. The van der Waals surface area contributed by atoms with Gasteiger partial charge in [0, 0.05) is 11.3 Å². The molecular formula is C13H17FN2S. The largest absolute Gasteiger partial charge is 0.358 e. The van der Waals surface area contributed by atoms with E-state index in [1.165, 1.54) is 6.07 Å². The molecule has 2 rings (SSSR count). The molecule has 2 atom stereocenters. The Labute approximate surface area is 106 Å². The van der Waals surface area contributed by atoms with Crippen molar-refractivity contribution in [2.45, 2.75) is 32.4 Å². The van der Waals surface area contributed by atoms with Crippen LogP contribution in [0, 0.1) is 5.82 Å². The zero-order valence-corrected chi connectivity index (χ0v) is 10.9. The maximum Gasteiger partial charge on any atom is 0.157 e. The van der Waals surface area contributed by atoms with Gasteiger partial charge in [0.25, 0.3) is 0 Å². The Hall–Kier alpha value is -1.03. The van der Waals surface area contributed by atoms with Crippen LogP contribution in [0.3, 0.4) is 0 Å². The number of benzene rings is 1. The molecule has 1 aromatic rings. The van der Waals surface area contributed by atoms with E-state index < -0.39 is 0 Å². The second-order valence-electron chi connectivity index (χ2n) is 4.19. The van der Waals surface area contributed by atoms with E-state index in [0.717, 1.165) is 17.3 Å². The molecule has 2 unspecified atom stereocenters. The minimum Gasteiger partial charge on any atom is -0.358 e. The summed E-state index contributed by atoms with van der Waals surface area (Å²) in [4.78, 5) is 4.55. The standard InChI is InChI=1S/C13H17FN2S/c1-3-10-8-17-13(16-10)15-9(2)11-6-4-5-7-12(11)14/h4-7,9-10H,3,8H2,1-2H3,(H,15,16). The van der Waals surface area contributed by atoms with Crippen LogP contribution in [0.4, 0.5) is 4.39 Å². The highest BCUT2D eigenvalue weighted by atomic mass is 32.2. The number of aliphatic imine (C=N–C) groups is 1. The van der Waals surface area contributed by atoms with Gasteiger partial charge in [-0.3, -0.25) is 4.99 Å². The number of hydrogen-bond acceptors (Lipinski definition) is 3. The number of halogens is 1. The normalized spacial score (nSPS) is 21.1. The summed E-state index contributed by atoms with van der Waals surface area (Å²) < 4.78 is 13.6. The van der Waals surface area contributed by atoms with Gasteiger partial charge in [-0.25, -0.2) is 4.39 Å². The summed E-state index contributed by atoms with van der Waals surface area (Å²) >= 11 is 1.72. The SMILES string of the molecule is CCC1CSC(NC(C)c2ccccc2F)=N1. The number of rotatable bonds is 3. The Morgan fingerprint density at radius 2 is 2.29 bits per heavy atom. The van der Waals surface area contributed by atoms with E-state index in [2.05, 4.69) is 17.2 Å². The van der Waals surface area contributed by atoms with Crippen LogP contribution in [-0.2, 0) is 0 Å². The molecule has 0 fully saturated rings. The van der Waals surface area contributed by atoms with E-state index in [-0.39, 0.29) is 11.9 Å². The minimum absolute atomic E-state index is 0.0435. The fraction of sp³-hybridized carbons (Fsp3) is 0.462. The Kier molecular flexibility index (Phi) is 4.05. The van der Waals surface area contributed by atoms with E-state index >= 15 is 0 Å². The average molecular weight is 252 g/mol. The van der Waals surface area contributed by atoms with Gasteiger partial charge in [0.05, 0.1) is 12.1 Å². The van der Waals surface area contributed by atoms with Crippen LogP contribution in [0.25, 0.3) is 0 Å². The van der Waals surface area contributed by atoms with Crippen molar-refractivity contribution < 1.29 is 4.39 Å². The van der Waals surface area contributed by atoms with Crippen molar-refractivity contribution in [3.8, 4) is 0 Å². The van der Waals surface area contributed by atoms with Gasteiger partial charge in [0.15, 0.2) is 5.17 Å². The van der Waals surface area contributed by atoms with E-state index in [4.69, 9.17) is 0 Å². The average Bonchev–Trinajstić information content (AvgIpc) is 2.77. The van der Waals surface area contributed by atoms with E-state index in [1.807, 2.05) is 19.1 Å². The molecule has 0 aromatic heterocycles. The highest BCUT2D eigenvalue weighted by Crippen LogP contribution is 2.22. The summed E-state index contributed by atoms with van der Waals surface area (Å²) in [5, 5.41) is 4.21. The second kappa shape index (κ2) is 5.54. The van der Waals surface area contributed by atoms with Crippen LogP contribution in [0.1, 0.15) is 31.9 Å². The number of nitrogens with zero attached hydrogens (tertiary/aromatic N) is 1. The van der Waals surface area contributed by atoms with Crippen molar-refractivity contribution >= 4 is 16.9 Å². The predicted molar refractivity (Wildman–Crippen MR) is 71.9 cm³/mol. The summed E-state index contributed by atoms with van der Waals surface area (Å²) in [6, 6.07) is 7.24. The van der Waals surface area contributed by atoms with Crippen LogP contribution in [-0.4, -0.2) is 17.0 Å². The number of hydrogen-bond donors (Lipinski definition) is 1. The quantitative estimate of drug-likeness (QED) is 0.892. The van der Waals surface area contributed by atoms with Gasteiger partial charge >= 0.3 is 0 Å². The molecule has 17 heavy (non-hydrogen) atoms. The van der Waals surface area contributed by atoms with Gasteiger partial charge in [-0.05, 0) is 19.4 Å². The van der Waals surface area contributed by atoms with Crippen LogP contribution in [0.15, 0.2) is 29.3 Å². The van der Waals surface area contributed by atoms with E-state index in [1.54, 1.807) is 17.8 Å². The Morgan fingerprint density at radius 1 is 1.53 bits per heavy atom. The molecule has 1 aromatic carbocycles. The van der Waals surface area contributed by atoms with Crippen LogP contribution < -0.4 is 5.32 Å². The van der Waals surface area contributed by atoms with Gasteiger partial charge < -0.3 is 5.32 Å². The van der Waals surface area contributed by atoms with Crippen molar-refractivity contribution in [1.29, 1.82) is 0 Å². The lowest BCUT2D eigenvalue weighted by molar-refractivity contribution is 0.579. The third-order valence-corrected chi connectivity index (χ3v) is 3.94. The first kappa shape index (κ1) is 12.4. The van der Waals surface area contributed by atoms with Gasteiger partial charge in [0.2, 0.25) is 0 Å². The summed E-state index contributed by atoms with van der Waals surface area (Å²) in [7, 11) is 0. The van der Waals surface area contributed by atoms with E-state index in [9.17, 15) is 4.39 Å². The minimum atomic E-state index is -0.164. The molecule has 1 N–H and O–H groups in total. The van der Waals surface area contributed by atoms with Crippen LogP contribution in [0.2, 0.25) is 0 Å². The third kappa shape index (κ3) is 3.00. The maximum absolute atomic E-state index is 13.6. The molecule has 4 heteroatoms. The first-order valence-corrected chi connectivity index (χ1v) is 6.90. The van der Waals surface area contributed by atoms with Crippen LogP contribution in [0.5, 0.6) is 0 Å². The molecule has 1 aliphatic rings. The van der Waals surface area contributed by atoms with Gasteiger partial charge in [0.1, 0.15) is 5.82 Å². The lowest BCUT2D eigenvalue weighted by atomic mass is 10.1. The lowest BCUT2D eigenvalue weighted by Gasteiger charge is -2.15. The molecule has 1 heterocycles. The molecular weight excluding hydrogens is 235 g/mol. The molecule has 0 saturated carbocycles. The summed E-state index contributed by atoms with van der Waals surface area (Å²) in [6.45, 7) is 4.10. The van der Waals surface area contributed by atoms with Gasteiger partial charge in [-0.2, -0.15) is 0 Å². The topological polar surface area (TPSA) is 24.4 Å². The number of thioether (sulfide) groups is 1. The predicted octanol–water partition coefficient (Wildman–Crippen LogP) is 3.36. The number of amidine groups is 1. The molecule has 92 valence electrons. The van der Waals surface area contributed by atoms with Gasteiger partial charge in [-0.15, -0.1) is 0 Å². The van der Waals surface area contributed by atoms with Crippen LogP contribution >= 0.6 is 11.8 Å². The summed E-state index contributed by atoms with van der Waals surface area (Å²) in [5.74, 6) is 0.867. The zero-order valence-electron chi connectivity index (χ0n) is 10.1. The lowest BCUT2D eigenvalue weighted by Crippen LogP contribution is -2.23. The third-order valence-electron chi connectivity index (χ3n) is 2.90. The van der Waals surface area contributed by atoms with Crippen molar-refractivity contribution in [3.05, 3.63) is 35.6 Å². The first-order chi connectivity index (χ1) is 8.20. The molecule has 0 aliphatic carbocycles. The fourth-order valence-corrected chi connectivity index (χ4v) is 2.94. The Bertz CT molecular complexity index is 420. The molecule has 2 nitrogen and oxygen atoms in total. The fourth-order valence-electron chi connectivity index (χ4n) is 1.79. The molecule has 0 bridgehead atoms. The van der Waals surface area contributed by atoms with Crippen molar-refractivity contribution in [3.63, 3.8) is 0 Å². The van der Waals surface area contributed by atoms with Crippen molar-refractivity contribution in [2.24, 2.45) is 4.99 Å². The molecule has 1 aliphatic heterocycles. The molecule has 0 amide bonds. The molecule has 0 radical (unpaired) electrons. The maximum atomic E-state index is 13.6.